The van der Waals surface area contributed by atoms with Crippen LogP contribution < -0.4 is 5.32 Å². The van der Waals surface area contributed by atoms with Crippen molar-refractivity contribution in [1.82, 2.24) is 5.32 Å². The first kappa shape index (κ1) is 28.4. The molecule has 0 bridgehead atoms. The fourth-order valence-corrected chi connectivity index (χ4v) is 3.09. The molecular weight excluding hydrogens is 370 g/mol. The SMILES string of the molecule is CCCCCCC(C)(C)/C=C\C/C=C\C/C=C\C/C=C\CCCC(=O)N[C@@H](C)CO. The predicted molar refractivity (Wildman–Crippen MR) is 131 cm³/mol. The Morgan fingerprint density at radius 3 is 2.10 bits per heavy atom. The number of hydrogen-bond donors (Lipinski definition) is 2. The molecule has 0 heterocycles. The number of aliphatic hydroxyl groups excluding tert-OH is 1. The summed E-state index contributed by atoms with van der Waals surface area (Å²) in [7, 11) is 0. The molecule has 0 aromatic heterocycles. The number of unbranched alkanes of at least 4 members (excludes halogenated alkanes) is 4. The van der Waals surface area contributed by atoms with Gasteiger partial charge in [0.15, 0.2) is 0 Å². The molecule has 3 heteroatoms. The van der Waals surface area contributed by atoms with Gasteiger partial charge in [-0.05, 0) is 50.9 Å². The van der Waals surface area contributed by atoms with Crippen molar-refractivity contribution in [2.75, 3.05) is 6.61 Å². The summed E-state index contributed by atoms with van der Waals surface area (Å²) in [6.07, 6.45) is 29.6. The summed E-state index contributed by atoms with van der Waals surface area (Å²) in [6, 6.07) is -0.157. The van der Waals surface area contributed by atoms with Gasteiger partial charge in [-0.15, -0.1) is 0 Å². The highest BCUT2D eigenvalue weighted by atomic mass is 16.3. The van der Waals surface area contributed by atoms with Gasteiger partial charge in [0.2, 0.25) is 5.91 Å². The Bertz CT molecular complexity index is 529. The largest absolute Gasteiger partial charge is 0.394 e. The first-order chi connectivity index (χ1) is 14.4. The maximum Gasteiger partial charge on any atom is 0.220 e. The number of hydrogen-bond acceptors (Lipinski definition) is 2. The number of carbonyl (C=O) groups excluding carboxylic acids is 1. The Morgan fingerprint density at radius 2 is 1.50 bits per heavy atom. The molecule has 30 heavy (non-hydrogen) atoms. The molecule has 0 aliphatic heterocycles. The molecule has 1 amide bonds. The molecule has 0 saturated carbocycles. The van der Waals surface area contributed by atoms with Crippen molar-refractivity contribution in [1.29, 1.82) is 0 Å². The zero-order valence-corrected chi connectivity index (χ0v) is 20.0. The van der Waals surface area contributed by atoms with E-state index in [1.54, 1.807) is 6.92 Å². The van der Waals surface area contributed by atoms with Crippen molar-refractivity contribution in [3.05, 3.63) is 48.6 Å². The van der Waals surface area contributed by atoms with Crippen LogP contribution in [0.4, 0.5) is 0 Å². The lowest BCUT2D eigenvalue weighted by Gasteiger charge is -2.19. The molecule has 0 unspecified atom stereocenters. The minimum absolute atomic E-state index is 0.0127. The average Bonchev–Trinajstić information content (AvgIpc) is 2.71. The minimum atomic E-state index is -0.157. The third-order valence-electron chi connectivity index (χ3n) is 5.02. The van der Waals surface area contributed by atoms with Gasteiger partial charge in [0, 0.05) is 12.5 Å². The van der Waals surface area contributed by atoms with Crippen LogP contribution in [0, 0.1) is 5.41 Å². The third kappa shape index (κ3) is 19.7. The fraction of sp³-hybridized carbons (Fsp3) is 0.667. The zero-order valence-electron chi connectivity index (χ0n) is 20.0. The Morgan fingerprint density at radius 1 is 0.900 bits per heavy atom. The van der Waals surface area contributed by atoms with Crippen molar-refractivity contribution in [2.45, 2.75) is 104 Å². The minimum Gasteiger partial charge on any atom is -0.394 e. The first-order valence-corrected chi connectivity index (χ1v) is 11.9. The number of aliphatic hydroxyl groups is 1. The zero-order chi connectivity index (χ0) is 22.5. The van der Waals surface area contributed by atoms with Gasteiger partial charge in [0.1, 0.15) is 0 Å². The molecule has 172 valence electrons. The van der Waals surface area contributed by atoms with E-state index in [4.69, 9.17) is 5.11 Å². The third-order valence-corrected chi connectivity index (χ3v) is 5.02. The van der Waals surface area contributed by atoms with Gasteiger partial charge < -0.3 is 10.4 Å². The molecule has 1 atom stereocenters. The number of carbonyl (C=O) groups is 1. The Labute approximate surface area is 186 Å². The highest BCUT2D eigenvalue weighted by Crippen LogP contribution is 2.25. The van der Waals surface area contributed by atoms with E-state index in [0.29, 0.717) is 11.8 Å². The highest BCUT2D eigenvalue weighted by Gasteiger charge is 2.12. The number of allylic oxidation sites excluding steroid dienone is 8. The van der Waals surface area contributed by atoms with Crippen LogP contribution in [0.1, 0.15) is 98.3 Å². The molecule has 0 aliphatic rings. The lowest BCUT2D eigenvalue weighted by molar-refractivity contribution is -0.122. The van der Waals surface area contributed by atoms with Gasteiger partial charge in [-0.3, -0.25) is 4.79 Å². The van der Waals surface area contributed by atoms with Crippen LogP contribution in [0.15, 0.2) is 48.6 Å². The second-order valence-corrected chi connectivity index (χ2v) is 8.87. The van der Waals surface area contributed by atoms with E-state index in [9.17, 15) is 4.79 Å². The molecule has 0 aromatic rings. The Kier molecular flexibility index (Phi) is 18.3. The molecule has 0 radical (unpaired) electrons. The van der Waals surface area contributed by atoms with E-state index in [2.05, 4.69) is 74.7 Å². The van der Waals surface area contributed by atoms with Gasteiger partial charge in [-0.25, -0.2) is 0 Å². The molecule has 0 aromatic carbocycles. The summed E-state index contributed by atoms with van der Waals surface area (Å²) >= 11 is 0. The van der Waals surface area contributed by atoms with Crippen LogP contribution in [0.2, 0.25) is 0 Å². The van der Waals surface area contributed by atoms with Gasteiger partial charge in [0.25, 0.3) is 0 Å². The van der Waals surface area contributed by atoms with Crippen LogP contribution in [0.25, 0.3) is 0 Å². The molecule has 2 N–H and O–H groups in total. The summed E-state index contributed by atoms with van der Waals surface area (Å²) in [6.45, 7) is 8.72. The predicted octanol–water partition coefficient (Wildman–Crippen LogP) is 7.05. The van der Waals surface area contributed by atoms with E-state index in [1.165, 1.54) is 32.1 Å². The fourth-order valence-electron chi connectivity index (χ4n) is 3.09. The smallest absolute Gasteiger partial charge is 0.220 e. The monoisotopic (exact) mass is 417 g/mol. The summed E-state index contributed by atoms with van der Waals surface area (Å²) < 4.78 is 0. The van der Waals surface area contributed by atoms with Crippen molar-refractivity contribution < 1.29 is 9.90 Å². The highest BCUT2D eigenvalue weighted by molar-refractivity contribution is 5.76. The van der Waals surface area contributed by atoms with Crippen molar-refractivity contribution in [3.63, 3.8) is 0 Å². The van der Waals surface area contributed by atoms with Gasteiger partial charge in [-0.1, -0.05) is 95.1 Å². The lowest BCUT2D eigenvalue weighted by Crippen LogP contribution is -2.34. The van der Waals surface area contributed by atoms with E-state index in [1.807, 2.05) is 0 Å². The van der Waals surface area contributed by atoms with E-state index in [-0.39, 0.29) is 18.6 Å². The van der Waals surface area contributed by atoms with Crippen LogP contribution in [-0.4, -0.2) is 23.7 Å². The average molecular weight is 418 g/mol. The van der Waals surface area contributed by atoms with Gasteiger partial charge in [-0.2, -0.15) is 0 Å². The molecule has 0 aliphatic carbocycles. The lowest BCUT2D eigenvalue weighted by atomic mass is 9.86. The summed E-state index contributed by atoms with van der Waals surface area (Å²) in [5.74, 6) is 0.0158. The van der Waals surface area contributed by atoms with Crippen LogP contribution in [0.5, 0.6) is 0 Å². The molecule has 3 nitrogen and oxygen atoms in total. The molecule has 0 saturated heterocycles. The summed E-state index contributed by atoms with van der Waals surface area (Å²) in [5, 5.41) is 11.7. The molecular formula is C27H47NO2. The van der Waals surface area contributed by atoms with E-state index >= 15 is 0 Å². The van der Waals surface area contributed by atoms with Gasteiger partial charge >= 0.3 is 0 Å². The molecule has 0 rings (SSSR count). The Hall–Kier alpha value is -1.61. The van der Waals surface area contributed by atoms with Crippen molar-refractivity contribution in [3.8, 4) is 0 Å². The normalized spacial score (nSPS) is 13.9. The Balaban J connectivity index is 3.72. The van der Waals surface area contributed by atoms with Crippen molar-refractivity contribution >= 4 is 5.91 Å². The standard InChI is InChI=1S/C27H47NO2/c1-5-6-7-19-22-27(3,4)23-20-17-15-13-11-9-8-10-12-14-16-18-21-26(30)28-25(2)24-29/h8-9,12-15,20,23,25,29H,5-7,10-11,16-19,21-22,24H2,1-4H3,(H,28,30)/b9-8-,14-12-,15-13-,23-20-/t25-/m0/s1. The molecule has 0 fully saturated rings. The summed E-state index contributed by atoms with van der Waals surface area (Å²) in [5.41, 5.74) is 0.315. The number of amides is 1. The number of rotatable bonds is 18. The van der Waals surface area contributed by atoms with Crippen LogP contribution >= 0.6 is 0 Å². The van der Waals surface area contributed by atoms with E-state index in [0.717, 1.165) is 32.1 Å². The topological polar surface area (TPSA) is 49.3 Å². The van der Waals surface area contributed by atoms with Crippen molar-refractivity contribution in [2.24, 2.45) is 5.41 Å². The first-order valence-electron chi connectivity index (χ1n) is 11.9. The maximum absolute atomic E-state index is 11.6. The quantitative estimate of drug-likeness (QED) is 0.185. The van der Waals surface area contributed by atoms with Crippen LogP contribution in [-0.2, 0) is 4.79 Å². The van der Waals surface area contributed by atoms with Gasteiger partial charge in [0.05, 0.1) is 6.61 Å². The van der Waals surface area contributed by atoms with Crippen LogP contribution in [0.3, 0.4) is 0 Å². The van der Waals surface area contributed by atoms with E-state index < -0.39 is 0 Å². The summed E-state index contributed by atoms with van der Waals surface area (Å²) in [4.78, 5) is 11.6. The molecule has 0 spiro atoms. The maximum atomic E-state index is 11.6. The second kappa shape index (κ2) is 19.4. The number of nitrogens with one attached hydrogen (secondary N) is 1. The second-order valence-electron chi connectivity index (χ2n) is 8.87.